The molecule has 30 heavy (non-hydrogen) atoms. The molecule has 1 aliphatic carbocycles. The third-order valence-electron chi connectivity index (χ3n) is 5.42. The summed E-state index contributed by atoms with van der Waals surface area (Å²) in [4.78, 5) is 16.2. The fourth-order valence-corrected chi connectivity index (χ4v) is 4.54. The van der Waals surface area contributed by atoms with Crippen molar-refractivity contribution in [2.45, 2.75) is 18.8 Å². The summed E-state index contributed by atoms with van der Waals surface area (Å²) in [6, 6.07) is 14.1. The van der Waals surface area contributed by atoms with Gasteiger partial charge < -0.3 is 10.2 Å². The van der Waals surface area contributed by atoms with E-state index >= 15 is 0 Å². The smallest absolute Gasteiger partial charge is 0.132 e. The van der Waals surface area contributed by atoms with E-state index in [1.165, 1.54) is 18.4 Å². The zero-order chi connectivity index (χ0) is 20.3. The Morgan fingerprint density at radius 3 is 2.63 bits per heavy atom. The van der Waals surface area contributed by atoms with E-state index in [9.17, 15) is 0 Å². The topological polar surface area (TPSA) is 77.7 Å². The lowest BCUT2D eigenvalue weighted by atomic mass is 10.1. The van der Waals surface area contributed by atoms with Gasteiger partial charge in [-0.25, -0.2) is 15.0 Å². The molecular weight excluding hydrogens is 392 g/mol. The van der Waals surface area contributed by atoms with Crippen LogP contribution in [0.15, 0.2) is 48.8 Å². The lowest BCUT2D eigenvalue weighted by molar-refractivity contribution is 0.839. The number of pyridine rings is 3. The van der Waals surface area contributed by atoms with Crippen molar-refractivity contribution in [3.63, 3.8) is 0 Å². The first-order valence-corrected chi connectivity index (χ1v) is 11.4. The maximum absolute atomic E-state index is 9.13. The highest BCUT2D eigenvalue weighted by Crippen LogP contribution is 2.42. The third-order valence-corrected chi connectivity index (χ3v) is 6.36. The van der Waals surface area contributed by atoms with Gasteiger partial charge in [-0.1, -0.05) is 0 Å². The highest BCUT2D eigenvalue weighted by Gasteiger charge is 2.25. The molecule has 0 radical (unpaired) electrons. The number of hydrogen-bond acceptors (Lipinski definition) is 7. The molecule has 1 N–H and O–H groups in total. The van der Waals surface area contributed by atoms with Gasteiger partial charge in [0.1, 0.15) is 17.5 Å². The first-order valence-electron chi connectivity index (χ1n) is 10.2. The Balaban J connectivity index is 1.43. The Morgan fingerprint density at radius 2 is 1.90 bits per heavy atom. The average molecular weight is 415 g/mol. The van der Waals surface area contributed by atoms with Crippen molar-refractivity contribution in [2.24, 2.45) is 0 Å². The SMILES string of the molecule is N#Cc1ccnc(Nc2cc(C3CC3)cc(-c3ccc(N4CCSCC4)nc3)n2)c1. The maximum Gasteiger partial charge on any atom is 0.132 e. The van der Waals surface area contributed by atoms with Crippen molar-refractivity contribution in [1.82, 2.24) is 15.0 Å². The molecule has 0 bridgehead atoms. The molecule has 0 atom stereocenters. The molecule has 3 aromatic rings. The second-order valence-corrected chi connectivity index (χ2v) is 8.84. The molecule has 1 saturated carbocycles. The summed E-state index contributed by atoms with van der Waals surface area (Å²) < 4.78 is 0. The molecule has 0 amide bonds. The quantitative estimate of drug-likeness (QED) is 0.654. The summed E-state index contributed by atoms with van der Waals surface area (Å²) in [6.07, 6.45) is 5.99. The molecule has 0 aromatic carbocycles. The van der Waals surface area contributed by atoms with Gasteiger partial charge in [-0.3, -0.25) is 0 Å². The molecule has 7 heteroatoms. The van der Waals surface area contributed by atoms with Gasteiger partial charge in [-0.05, 0) is 60.7 Å². The van der Waals surface area contributed by atoms with Crippen molar-refractivity contribution < 1.29 is 0 Å². The first-order chi connectivity index (χ1) is 14.8. The van der Waals surface area contributed by atoms with Crippen LogP contribution < -0.4 is 10.2 Å². The molecule has 150 valence electrons. The summed E-state index contributed by atoms with van der Waals surface area (Å²) in [5.74, 6) is 5.32. The van der Waals surface area contributed by atoms with E-state index in [1.54, 1.807) is 18.3 Å². The largest absolute Gasteiger partial charge is 0.355 e. The molecule has 1 saturated heterocycles. The maximum atomic E-state index is 9.13. The predicted octanol–water partition coefficient (Wildman–Crippen LogP) is 4.58. The van der Waals surface area contributed by atoms with Gasteiger partial charge in [-0.2, -0.15) is 17.0 Å². The molecule has 0 spiro atoms. The molecule has 5 rings (SSSR count). The normalized spacial score (nSPS) is 16.2. The molecule has 3 aromatic heterocycles. The van der Waals surface area contributed by atoms with Gasteiger partial charge in [0.15, 0.2) is 0 Å². The fourth-order valence-electron chi connectivity index (χ4n) is 3.63. The summed E-state index contributed by atoms with van der Waals surface area (Å²) in [5.41, 5.74) is 3.78. The zero-order valence-corrected chi connectivity index (χ0v) is 17.4. The van der Waals surface area contributed by atoms with Crippen LogP contribution in [0.4, 0.5) is 17.5 Å². The van der Waals surface area contributed by atoms with Crippen LogP contribution in [-0.2, 0) is 0 Å². The van der Waals surface area contributed by atoms with Gasteiger partial charge in [0.25, 0.3) is 0 Å². The Labute approximate surface area is 180 Å². The van der Waals surface area contributed by atoms with Crippen molar-refractivity contribution in [1.29, 1.82) is 5.26 Å². The van der Waals surface area contributed by atoms with E-state index in [4.69, 9.17) is 15.2 Å². The molecule has 0 unspecified atom stereocenters. The van der Waals surface area contributed by atoms with E-state index in [2.05, 4.69) is 45.5 Å². The molecule has 1 aliphatic heterocycles. The van der Waals surface area contributed by atoms with Crippen LogP contribution in [0.3, 0.4) is 0 Å². The monoisotopic (exact) mass is 414 g/mol. The molecule has 2 fully saturated rings. The summed E-state index contributed by atoms with van der Waals surface area (Å²) >= 11 is 2.00. The number of nitrogens with one attached hydrogen (secondary N) is 1. The Morgan fingerprint density at radius 1 is 1.03 bits per heavy atom. The molecule has 4 heterocycles. The minimum atomic E-state index is 0.571. The van der Waals surface area contributed by atoms with E-state index in [0.717, 1.165) is 47.5 Å². The van der Waals surface area contributed by atoms with Crippen LogP contribution in [0, 0.1) is 11.3 Å². The van der Waals surface area contributed by atoms with Crippen LogP contribution in [0.1, 0.15) is 29.9 Å². The van der Waals surface area contributed by atoms with Crippen molar-refractivity contribution in [3.8, 4) is 17.3 Å². The fraction of sp³-hybridized carbons (Fsp3) is 0.304. The average Bonchev–Trinajstić information content (AvgIpc) is 3.65. The first kappa shape index (κ1) is 18.9. The van der Waals surface area contributed by atoms with Gasteiger partial charge in [0, 0.05) is 42.6 Å². The predicted molar refractivity (Wildman–Crippen MR) is 121 cm³/mol. The van der Waals surface area contributed by atoms with E-state index in [-0.39, 0.29) is 0 Å². The number of hydrogen-bond donors (Lipinski definition) is 1. The number of thioether (sulfide) groups is 1. The molecular formula is C23H22N6S. The van der Waals surface area contributed by atoms with E-state index < -0.39 is 0 Å². The van der Waals surface area contributed by atoms with Crippen LogP contribution in [0.25, 0.3) is 11.3 Å². The number of anilines is 3. The summed E-state index contributed by atoms with van der Waals surface area (Å²) in [6.45, 7) is 2.10. The number of nitriles is 1. The van der Waals surface area contributed by atoms with Crippen molar-refractivity contribution in [3.05, 3.63) is 59.9 Å². The van der Waals surface area contributed by atoms with E-state index in [1.807, 2.05) is 18.0 Å². The number of aromatic nitrogens is 3. The van der Waals surface area contributed by atoms with Gasteiger partial charge >= 0.3 is 0 Å². The van der Waals surface area contributed by atoms with Crippen LogP contribution >= 0.6 is 11.8 Å². The molecule has 2 aliphatic rings. The minimum Gasteiger partial charge on any atom is -0.355 e. The number of nitrogens with zero attached hydrogens (tertiary/aromatic N) is 5. The van der Waals surface area contributed by atoms with Crippen molar-refractivity contribution >= 4 is 29.2 Å². The highest BCUT2D eigenvalue weighted by molar-refractivity contribution is 7.99. The Bertz CT molecular complexity index is 1080. The summed E-state index contributed by atoms with van der Waals surface area (Å²) in [7, 11) is 0. The number of rotatable bonds is 5. The van der Waals surface area contributed by atoms with E-state index in [0.29, 0.717) is 17.3 Å². The van der Waals surface area contributed by atoms with Crippen LogP contribution in [0.2, 0.25) is 0 Å². The second-order valence-electron chi connectivity index (χ2n) is 7.62. The van der Waals surface area contributed by atoms with Gasteiger partial charge in [0.05, 0.1) is 17.3 Å². The summed E-state index contributed by atoms with van der Waals surface area (Å²) in [5, 5.41) is 12.4. The lowest BCUT2D eigenvalue weighted by Gasteiger charge is -2.27. The Kier molecular flexibility index (Phi) is 5.24. The van der Waals surface area contributed by atoms with Gasteiger partial charge in [0.2, 0.25) is 0 Å². The zero-order valence-electron chi connectivity index (χ0n) is 16.6. The standard InChI is InChI=1S/C23H22N6S/c24-14-16-5-6-25-21(11-16)28-22-13-19(17-1-2-17)12-20(27-22)18-3-4-23(26-15-18)29-7-9-30-10-8-29/h3-6,11-13,15,17H,1-2,7-10H2,(H,25,27,28). The molecule has 6 nitrogen and oxygen atoms in total. The Hall–Kier alpha value is -3.11. The minimum absolute atomic E-state index is 0.571. The van der Waals surface area contributed by atoms with Gasteiger partial charge in [-0.15, -0.1) is 0 Å². The third kappa shape index (κ3) is 4.24. The highest BCUT2D eigenvalue weighted by atomic mass is 32.2. The van der Waals surface area contributed by atoms with Crippen LogP contribution in [0.5, 0.6) is 0 Å². The van der Waals surface area contributed by atoms with Crippen LogP contribution in [-0.4, -0.2) is 39.5 Å². The second kappa shape index (κ2) is 8.33. The lowest BCUT2D eigenvalue weighted by Crippen LogP contribution is -2.32. The van der Waals surface area contributed by atoms with Crippen molar-refractivity contribution in [2.75, 3.05) is 34.8 Å².